The molecule has 4 aromatic carbocycles. The molecule has 1 aromatic heterocycles. The van der Waals surface area contributed by atoms with Crippen LogP contribution in [0.5, 0.6) is 0 Å². The molecule has 5 heteroatoms. The zero-order chi connectivity index (χ0) is 26.3. The van der Waals surface area contributed by atoms with Crippen LogP contribution < -0.4 is 16.4 Å². The number of amidine groups is 1. The van der Waals surface area contributed by atoms with Gasteiger partial charge in [0.1, 0.15) is 16.8 Å². The third kappa shape index (κ3) is 4.03. The number of hydrogen-bond donors (Lipinski definition) is 1. The summed E-state index contributed by atoms with van der Waals surface area (Å²) in [6.45, 7) is 0. The van der Waals surface area contributed by atoms with E-state index < -0.39 is 0 Å². The highest BCUT2D eigenvalue weighted by Gasteiger charge is 2.32. The summed E-state index contributed by atoms with van der Waals surface area (Å²) in [7, 11) is 2.08. The van der Waals surface area contributed by atoms with E-state index in [1.807, 2.05) is 30.3 Å². The third-order valence-electron chi connectivity index (χ3n) is 7.67. The average Bonchev–Trinajstić information content (AvgIpc) is 3.37. The monoisotopic (exact) mass is 508 g/mol. The van der Waals surface area contributed by atoms with Crippen LogP contribution in [0, 0.1) is 5.92 Å². The van der Waals surface area contributed by atoms with Gasteiger partial charge in [-0.1, -0.05) is 103 Å². The Morgan fingerprint density at radius 1 is 0.795 bits per heavy atom. The highest BCUT2D eigenvalue weighted by Crippen LogP contribution is 2.41. The van der Waals surface area contributed by atoms with Gasteiger partial charge in [-0.05, 0) is 40.8 Å². The number of hydrogen-bond acceptors (Lipinski definition) is 5. The van der Waals surface area contributed by atoms with E-state index in [1.54, 1.807) is 0 Å². The number of nitrogens with two attached hydrogens (primary N) is 1. The van der Waals surface area contributed by atoms with Crippen molar-refractivity contribution in [2.45, 2.75) is 12.6 Å². The summed E-state index contributed by atoms with van der Waals surface area (Å²) in [6.07, 6.45) is 4.88. The molecular weight excluding hydrogens is 480 g/mol. The van der Waals surface area contributed by atoms with Crippen LogP contribution in [-0.4, -0.2) is 23.7 Å². The normalized spacial score (nSPS) is 18.5. The lowest BCUT2D eigenvalue weighted by Crippen LogP contribution is -2.42. The van der Waals surface area contributed by atoms with E-state index in [0.29, 0.717) is 5.96 Å². The molecule has 190 valence electrons. The van der Waals surface area contributed by atoms with Crippen LogP contribution in [0.1, 0.15) is 18.2 Å². The number of guanidine groups is 1. The number of aliphatic imine (C=N–C) groups is 2. The van der Waals surface area contributed by atoms with Crippen LogP contribution in [0.15, 0.2) is 118 Å². The van der Waals surface area contributed by atoms with Crippen molar-refractivity contribution in [3.63, 3.8) is 0 Å². The molecular formula is C34H28N4O. The van der Waals surface area contributed by atoms with Gasteiger partial charge >= 0.3 is 0 Å². The topological polar surface area (TPSA) is 67.1 Å². The molecule has 0 radical (unpaired) electrons. The van der Waals surface area contributed by atoms with Gasteiger partial charge in [0.05, 0.1) is 0 Å². The average molecular weight is 509 g/mol. The summed E-state index contributed by atoms with van der Waals surface area (Å²) in [5.74, 6) is 1.25. The quantitative estimate of drug-likeness (QED) is 0.338. The SMILES string of the molecule is CN1C(C2C=c3c(oc4ccccc34)=CC2)=NC(N)=NC1c1c(-c2ccccc2)cccc1-c1ccccc1. The highest BCUT2D eigenvalue weighted by molar-refractivity contribution is 6.02. The zero-order valence-corrected chi connectivity index (χ0v) is 21.7. The molecule has 2 aliphatic rings. The van der Waals surface area contributed by atoms with Crippen LogP contribution in [0.3, 0.4) is 0 Å². The molecule has 0 spiro atoms. The lowest BCUT2D eigenvalue weighted by molar-refractivity contribution is 0.369. The molecule has 0 fully saturated rings. The second-order valence-electron chi connectivity index (χ2n) is 10.0. The molecule has 0 amide bonds. The maximum Gasteiger partial charge on any atom is 0.219 e. The molecule has 2 unspecified atom stereocenters. The Bertz CT molecular complexity index is 1810. The maximum absolute atomic E-state index is 6.46. The van der Waals surface area contributed by atoms with Crippen molar-refractivity contribution in [2.24, 2.45) is 21.6 Å². The van der Waals surface area contributed by atoms with Crippen molar-refractivity contribution in [1.29, 1.82) is 0 Å². The van der Waals surface area contributed by atoms with Crippen LogP contribution in [0.25, 0.3) is 45.4 Å². The molecule has 0 saturated carbocycles. The maximum atomic E-state index is 6.46. The molecule has 0 saturated heterocycles. The Kier molecular flexibility index (Phi) is 5.63. The predicted molar refractivity (Wildman–Crippen MR) is 159 cm³/mol. The van der Waals surface area contributed by atoms with E-state index in [0.717, 1.165) is 61.7 Å². The molecule has 5 aromatic rings. The first-order valence-electron chi connectivity index (χ1n) is 13.3. The lowest BCUT2D eigenvalue weighted by Gasteiger charge is -2.36. The molecule has 0 bridgehead atoms. The van der Waals surface area contributed by atoms with Crippen molar-refractivity contribution >= 4 is 34.9 Å². The zero-order valence-electron chi connectivity index (χ0n) is 21.7. The number of fused-ring (bicyclic) bond motifs is 3. The van der Waals surface area contributed by atoms with E-state index in [-0.39, 0.29) is 12.1 Å². The van der Waals surface area contributed by atoms with Crippen molar-refractivity contribution < 1.29 is 4.42 Å². The summed E-state index contributed by atoms with van der Waals surface area (Å²) in [5, 5.41) is 2.23. The van der Waals surface area contributed by atoms with Gasteiger partial charge in [0.2, 0.25) is 5.96 Å². The fourth-order valence-corrected chi connectivity index (χ4v) is 5.84. The van der Waals surface area contributed by atoms with E-state index in [1.165, 1.54) is 0 Å². The third-order valence-corrected chi connectivity index (χ3v) is 7.67. The van der Waals surface area contributed by atoms with Gasteiger partial charge in [-0.15, -0.1) is 0 Å². The van der Waals surface area contributed by atoms with Crippen molar-refractivity contribution in [2.75, 3.05) is 7.05 Å². The minimum absolute atomic E-state index is 0.0455. The van der Waals surface area contributed by atoms with Crippen LogP contribution >= 0.6 is 0 Å². The smallest absolute Gasteiger partial charge is 0.219 e. The summed E-state index contributed by atoms with van der Waals surface area (Å²) in [6, 6.07) is 35.6. The van der Waals surface area contributed by atoms with Crippen LogP contribution in [-0.2, 0) is 0 Å². The minimum Gasteiger partial charge on any atom is -0.456 e. The number of benzene rings is 4. The summed E-state index contributed by atoms with van der Waals surface area (Å²) >= 11 is 0. The van der Waals surface area contributed by atoms with E-state index >= 15 is 0 Å². The van der Waals surface area contributed by atoms with Gasteiger partial charge in [-0.2, -0.15) is 4.99 Å². The first-order valence-corrected chi connectivity index (χ1v) is 13.3. The first kappa shape index (κ1) is 23.2. The summed E-state index contributed by atoms with van der Waals surface area (Å²) in [5.41, 5.74) is 13.9. The Hall–Kier alpha value is -4.90. The van der Waals surface area contributed by atoms with Gasteiger partial charge in [-0.3, -0.25) is 0 Å². The van der Waals surface area contributed by atoms with Crippen LogP contribution in [0.4, 0.5) is 0 Å². The largest absolute Gasteiger partial charge is 0.456 e. The van der Waals surface area contributed by atoms with Gasteiger partial charge in [0.15, 0.2) is 6.17 Å². The van der Waals surface area contributed by atoms with Gasteiger partial charge in [-0.25, -0.2) is 4.99 Å². The Balaban J connectivity index is 1.37. The van der Waals surface area contributed by atoms with Gasteiger partial charge in [0, 0.05) is 29.1 Å². The fraction of sp³-hybridized carbons (Fsp3) is 0.118. The predicted octanol–water partition coefficient (Wildman–Crippen LogP) is 5.71. The van der Waals surface area contributed by atoms with E-state index in [4.69, 9.17) is 20.1 Å². The molecule has 2 heterocycles. The first-order chi connectivity index (χ1) is 19.2. The molecule has 5 nitrogen and oxygen atoms in total. The molecule has 2 atom stereocenters. The van der Waals surface area contributed by atoms with Crippen molar-refractivity contribution in [1.82, 2.24) is 4.90 Å². The standard InChI is InChI=1S/C34H28N4O/c1-38-32(24-19-20-30-28(21-24)27-15-8-9-18-29(27)39-30)36-34(35)37-33(38)31-25(22-11-4-2-5-12-22)16-10-17-26(31)23-13-6-3-7-14-23/h2-18,20-21,24,33H,19H2,1H3,(H2,35,37). The van der Waals surface area contributed by atoms with Crippen molar-refractivity contribution in [3.8, 4) is 22.3 Å². The summed E-state index contributed by atoms with van der Waals surface area (Å²) in [4.78, 5) is 11.9. The highest BCUT2D eigenvalue weighted by atomic mass is 16.3. The van der Waals surface area contributed by atoms with Crippen LogP contribution in [0.2, 0.25) is 0 Å². The number of nitrogens with zero attached hydrogens (tertiary/aromatic N) is 3. The fourth-order valence-electron chi connectivity index (χ4n) is 5.84. The number of furan rings is 1. The molecule has 39 heavy (non-hydrogen) atoms. The second-order valence-corrected chi connectivity index (χ2v) is 10.0. The lowest BCUT2D eigenvalue weighted by atomic mass is 9.89. The Morgan fingerprint density at radius 3 is 2.13 bits per heavy atom. The van der Waals surface area contributed by atoms with E-state index in [9.17, 15) is 0 Å². The number of para-hydroxylation sites is 1. The Labute approximate surface area is 226 Å². The molecule has 1 aliphatic carbocycles. The molecule has 1 aliphatic heterocycles. The molecule has 2 N–H and O–H groups in total. The van der Waals surface area contributed by atoms with E-state index in [2.05, 4.69) is 96.9 Å². The Morgan fingerprint density at radius 2 is 1.44 bits per heavy atom. The van der Waals surface area contributed by atoms with Gasteiger partial charge < -0.3 is 15.1 Å². The summed E-state index contributed by atoms with van der Waals surface area (Å²) < 4.78 is 6.11. The molecule has 7 rings (SSSR count). The number of rotatable bonds is 4. The van der Waals surface area contributed by atoms with Gasteiger partial charge in [0.25, 0.3) is 0 Å². The van der Waals surface area contributed by atoms with Crippen molar-refractivity contribution in [3.05, 3.63) is 119 Å². The minimum atomic E-state index is -0.333. The second kappa shape index (κ2) is 9.44.